The van der Waals surface area contributed by atoms with Gasteiger partial charge in [0.05, 0.1) is 0 Å². The first-order valence-electron chi connectivity index (χ1n) is 11.4. The summed E-state index contributed by atoms with van der Waals surface area (Å²) in [4.78, 5) is 0. The minimum absolute atomic E-state index is 0.125. The lowest BCUT2D eigenvalue weighted by Crippen LogP contribution is -2.15. The summed E-state index contributed by atoms with van der Waals surface area (Å²) in [6.45, 7) is 17.8. The SMILES string of the molecule is C=CCCC1=CCC(c2c(C(C)(C)C)ccc3c2Cc2cc(C(C)(C)C)ccc2-3)=C1. The lowest BCUT2D eigenvalue weighted by atomic mass is 9.78. The number of allylic oxidation sites excluding steroid dienone is 5. The Bertz CT molecular complexity index is 1060. The second-order valence-corrected chi connectivity index (χ2v) is 11.0. The van der Waals surface area contributed by atoms with Crippen LogP contribution in [0, 0.1) is 0 Å². The Hall–Kier alpha value is -2.34. The van der Waals surface area contributed by atoms with Crippen molar-refractivity contribution in [2.24, 2.45) is 0 Å². The van der Waals surface area contributed by atoms with Crippen LogP contribution in [0.25, 0.3) is 16.7 Å². The van der Waals surface area contributed by atoms with Crippen molar-refractivity contribution in [3.8, 4) is 11.1 Å². The molecule has 0 spiro atoms. The molecule has 0 saturated heterocycles. The Morgan fingerprint density at radius 3 is 2.33 bits per heavy atom. The fraction of sp³-hybridized carbons (Fsp3) is 0.400. The van der Waals surface area contributed by atoms with E-state index in [0.717, 1.165) is 25.7 Å². The van der Waals surface area contributed by atoms with Crippen LogP contribution < -0.4 is 0 Å². The average molecular weight is 397 g/mol. The molecule has 0 heterocycles. The van der Waals surface area contributed by atoms with E-state index in [4.69, 9.17) is 0 Å². The topological polar surface area (TPSA) is 0 Å². The standard InChI is InChI=1S/C30H36/c1-8-9-10-20-11-12-21(17-20)28-26-19-22-18-23(29(2,3)4)13-14-24(22)25(26)15-16-27(28)30(5,6)7/h8,11,13-18H,1,9-10,12,19H2,2-7H3. The Morgan fingerprint density at radius 2 is 1.67 bits per heavy atom. The number of rotatable bonds is 4. The highest BCUT2D eigenvalue weighted by molar-refractivity contribution is 5.87. The van der Waals surface area contributed by atoms with Crippen molar-refractivity contribution in [1.29, 1.82) is 0 Å². The van der Waals surface area contributed by atoms with Crippen molar-refractivity contribution in [3.63, 3.8) is 0 Å². The molecule has 2 aromatic rings. The van der Waals surface area contributed by atoms with E-state index in [1.807, 2.05) is 6.08 Å². The summed E-state index contributed by atoms with van der Waals surface area (Å²) in [6.07, 6.45) is 11.2. The molecule has 156 valence electrons. The molecule has 2 aliphatic rings. The van der Waals surface area contributed by atoms with Gasteiger partial charge in [-0.2, -0.15) is 0 Å². The van der Waals surface area contributed by atoms with Crippen LogP contribution in [-0.2, 0) is 17.3 Å². The Labute approximate surface area is 183 Å². The van der Waals surface area contributed by atoms with E-state index in [0.29, 0.717) is 0 Å². The second-order valence-electron chi connectivity index (χ2n) is 11.0. The molecule has 0 N–H and O–H groups in total. The summed E-state index contributed by atoms with van der Waals surface area (Å²) in [5.41, 5.74) is 13.6. The van der Waals surface area contributed by atoms with Crippen LogP contribution in [0.1, 0.15) is 88.6 Å². The van der Waals surface area contributed by atoms with Crippen molar-refractivity contribution in [3.05, 3.63) is 88.5 Å². The van der Waals surface area contributed by atoms with E-state index < -0.39 is 0 Å². The van der Waals surface area contributed by atoms with Gasteiger partial charge in [-0.25, -0.2) is 0 Å². The number of fused-ring (bicyclic) bond motifs is 3. The molecule has 0 bridgehead atoms. The first-order chi connectivity index (χ1) is 14.1. The molecule has 2 aromatic carbocycles. The average Bonchev–Trinajstić information content (AvgIpc) is 3.27. The van der Waals surface area contributed by atoms with Crippen molar-refractivity contribution < 1.29 is 0 Å². The molecule has 0 radical (unpaired) electrons. The molecule has 0 amide bonds. The highest BCUT2D eigenvalue weighted by Crippen LogP contribution is 2.46. The molecule has 0 aliphatic heterocycles. The minimum atomic E-state index is 0.125. The van der Waals surface area contributed by atoms with Crippen molar-refractivity contribution in [1.82, 2.24) is 0 Å². The quantitative estimate of drug-likeness (QED) is 0.388. The molecule has 0 atom stereocenters. The van der Waals surface area contributed by atoms with Gasteiger partial charge in [-0.15, -0.1) is 6.58 Å². The zero-order valence-electron chi connectivity index (χ0n) is 19.7. The van der Waals surface area contributed by atoms with E-state index in [1.165, 1.54) is 50.1 Å². The smallest absolute Gasteiger partial charge is 0.000719 e. The summed E-state index contributed by atoms with van der Waals surface area (Å²) >= 11 is 0. The third kappa shape index (κ3) is 3.73. The van der Waals surface area contributed by atoms with Crippen LogP contribution in [-0.4, -0.2) is 0 Å². The number of benzene rings is 2. The van der Waals surface area contributed by atoms with Gasteiger partial charge in [-0.3, -0.25) is 0 Å². The van der Waals surface area contributed by atoms with E-state index in [-0.39, 0.29) is 10.8 Å². The first kappa shape index (κ1) is 20.9. The van der Waals surface area contributed by atoms with E-state index in [1.54, 1.807) is 0 Å². The molecule has 0 unspecified atom stereocenters. The fourth-order valence-corrected chi connectivity index (χ4v) is 4.94. The second kappa shape index (κ2) is 7.41. The predicted octanol–water partition coefficient (Wildman–Crippen LogP) is 8.53. The molecule has 2 aliphatic carbocycles. The molecule has 0 nitrogen and oxygen atoms in total. The lowest BCUT2D eigenvalue weighted by Gasteiger charge is -2.26. The summed E-state index contributed by atoms with van der Waals surface area (Å²) in [7, 11) is 0. The largest absolute Gasteiger partial charge is 0.103 e. The monoisotopic (exact) mass is 396 g/mol. The van der Waals surface area contributed by atoms with Crippen molar-refractivity contribution >= 4 is 5.57 Å². The lowest BCUT2D eigenvalue weighted by molar-refractivity contribution is 0.587. The molecule has 0 fully saturated rings. The Morgan fingerprint density at radius 1 is 0.933 bits per heavy atom. The molecule has 4 rings (SSSR count). The maximum absolute atomic E-state index is 3.89. The number of hydrogen-bond acceptors (Lipinski definition) is 0. The molecule has 0 heteroatoms. The molecular formula is C30H36. The van der Waals surface area contributed by atoms with Gasteiger partial charge in [0.15, 0.2) is 0 Å². The highest BCUT2D eigenvalue weighted by Gasteiger charge is 2.30. The van der Waals surface area contributed by atoms with Gasteiger partial charge in [-0.1, -0.05) is 95.7 Å². The van der Waals surface area contributed by atoms with Crippen LogP contribution in [0.4, 0.5) is 0 Å². The highest BCUT2D eigenvalue weighted by atomic mass is 14.3. The third-order valence-electron chi connectivity index (χ3n) is 6.65. The van der Waals surface area contributed by atoms with Crippen LogP contribution in [0.15, 0.2) is 60.7 Å². The van der Waals surface area contributed by atoms with Gasteiger partial charge in [0.25, 0.3) is 0 Å². The molecule has 0 aromatic heterocycles. The summed E-state index contributed by atoms with van der Waals surface area (Å²) in [6, 6.07) is 11.9. The van der Waals surface area contributed by atoms with E-state index >= 15 is 0 Å². The van der Waals surface area contributed by atoms with Crippen LogP contribution in [0.2, 0.25) is 0 Å². The maximum Gasteiger partial charge on any atom is -0.000719 e. The predicted molar refractivity (Wildman–Crippen MR) is 132 cm³/mol. The summed E-state index contributed by atoms with van der Waals surface area (Å²) in [5.74, 6) is 0. The number of hydrogen-bond donors (Lipinski definition) is 0. The van der Waals surface area contributed by atoms with Gasteiger partial charge in [-0.05, 0) is 81.0 Å². The normalized spacial score (nSPS) is 15.5. The van der Waals surface area contributed by atoms with Crippen molar-refractivity contribution in [2.75, 3.05) is 0 Å². The van der Waals surface area contributed by atoms with E-state index in [2.05, 4.69) is 90.6 Å². The summed E-state index contributed by atoms with van der Waals surface area (Å²) < 4.78 is 0. The molecular weight excluding hydrogens is 360 g/mol. The van der Waals surface area contributed by atoms with Gasteiger partial charge >= 0.3 is 0 Å². The van der Waals surface area contributed by atoms with Gasteiger partial charge in [0.1, 0.15) is 0 Å². The van der Waals surface area contributed by atoms with Crippen molar-refractivity contribution in [2.45, 2.75) is 78.1 Å². The third-order valence-corrected chi connectivity index (χ3v) is 6.65. The zero-order valence-corrected chi connectivity index (χ0v) is 19.7. The summed E-state index contributed by atoms with van der Waals surface area (Å²) in [5, 5.41) is 0. The van der Waals surface area contributed by atoms with Crippen LogP contribution in [0.3, 0.4) is 0 Å². The van der Waals surface area contributed by atoms with Crippen LogP contribution in [0.5, 0.6) is 0 Å². The van der Waals surface area contributed by atoms with Gasteiger partial charge in [0, 0.05) is 0 Å². The first-order valence-corrected chi connectivity index (χ1v) is 11.4. The van der Waals surface area contributed by atoms with Gasteiger partial charge < -0.3 is 0 Å². The van der Waals surface area contributed by atoms with E-state index in [9.17, 15) is 0 Å². The Balaban J connectivity index is 1.83. The van der Waals surface area contributed by atoms with Gasteiger partial charge in [0.2, 0.25) is 0 Å². The minimum Gasteiger partial charge on any atom is -0.103 e. The van der Waals surface area contributed by atoms with Crippen LogP contribution >= 0.6 is 0 Å². The fourth-order valence-electron chi connectivity index (χ4n) is 4.94. The molecule has 0 saturated carbocycles. The Kier molecular flexibility index (Phi) is 5.17. The molecule has 30 heavy (non-hydrogen) atoms. The maximum atomic E-state index is 3.89. The zero-order chi connectivity index (χ0) is 21.7.